The first-order valence-electron chi connectivity index (χ1n) is 6.82. The topological polar surface area (TPSA) is 68.9 Å². The van der Waals surface area contributed by atoms with Crippen LogP contribution in [0.2, 0.25) is 0 Å². The highest BCUT2D eigenvalue weighted by Gasteiger charge is 2.23. The summed E-state index contributed by atoms with van der Waals surface area (Å²) in [6.07, 6.45) is 10.6. The van der Waals surface area contributed by atoms with E-state index in [2.05, 4.69) is 16.9 Å². The van der Waals surface area contributed by atoms with Crippen LogP contribution in [0, 0.1) is 5.92 Å². The highest BCUT2D eigenvalue weighted by Crippen LogP contribution is 2.35. The zero-order chi connectivity index (χ0) is 13.0. The van der Waals surface area contributed by atoms with E-state index in [-0.39, 0.29) is 0 Å². The minimum absolute atomic E-state index is 0.387. The third kappa shape index (κ3) is 3.06. The summed E-state index contributed by atoms with van der Waals surface area (Å²) in [5, 5.41) is 0. The molecule has 0 aromatic carbocycles. The minimum atomic E-state index is -0.465. The summed E-state index contributed by atoms with van der Waals surface area (Å²) in [6.45, 7) is 2.25. The highest BCUT2D eigenvalue weighted by molar-refractivity contribution is 5.92. The van der Waals surface area contributed by atoms with Gasteiger partial charge in [0.15, 0.2) is 0 Å². The second kappa shape index (κ2) is 5.94. The van der Waals surface area contributed by atoms with Gasteiger partial charge in [0.25, 0.3) is 5.91 Å². The number of nitrogens with two attached hydrogens (primary N) is 1. The van der Waals surface area contributed by atoms with E-state index in [1.54, 1.807) is 12.4 Å². The second-order valence-electron chi connectivity index (χ2n) is 5.20. The van der Waals surface area contributed by atoms with Crippen molar-refractivity contribution in [3.8, 4) is 0 Å². The lowest BCUT2D eigenvalue weighted by Crippen LogP contribution is -2.17. The second-order valence-corrected chi connectivity index (χ2v) is 5.20. The predicted molar refractivity (Wildman–Crippen MR) is 70.2 cm³/mol. The van der Waals surface area contributed by atoms with Gasteiger partial charge in [-0.05, 0) is 31.6 Å². The Labute approximate surface area is 108 Å². The van der Waals surface area contributed by atoms with Gasteiger partial charge in [0.1, 0.15) is 5.82 Å². The summed E-state index contributed by atoms with van der Waals surface area (Å²) in [6, 6.07) is 0. The number of carbonyl (C=O) groups is 1. The quantitative estimate of drug-likeness (QED) is 0.889. The summed E-state index contributed by atoms with van der Waals surface area (Å²) >= 11 is 0. The monoisotopic (exact) mass is 247 g/mol. The number of hydrogen-bond acceptors (Lipinski definition) is 3. The van der Waals surface area contributed by atoms with Gasteiger partial charge >= 0.3 is 0 Å². The van der Waals surface area contributed by atoms with Crippen molar-refractivity contribution < 1.29 is 4.79 Å². The number of primary amides is 1. The Hall–Kier alpha value is -1.45. The van der Waals surface area contributed by atoms with Crippen LogP contribution in [-0.4, -0.2) is 15.9 Å². The van der Waals surface area contributed by atoms with Crippen LogP contribution in [0.1, 0.15) is 67.5 Å². The third-order valence-electron chi connectivity index (χ3n) is 3.87. The first-order valence-corrected chi connectivity index (χ1v) is 6.82. The molecule has 0 atom stereocenters. The first kappa shape index (κ1) is 13.0. The van der Waals surface area contributed by atoms with Crippen molar-refractivity contribution >= 4 is 5.91 Å². The van der Waals surface area contributed by atoms with Crippen LogP contribution in [-0.2, 0) is 0 Å². The van der Waals surface area contributed by atoms with Crippen molar-refractivity contribution in [1.82, 2.24) is 9.97 Å². The smallest absolute Gasteiger partial charge is 0.251 e. The van der Waals surface area contributed by atoms with Crippen molar-refractivity contribution in [3.63, 3.8) is 0 Å². The zero-order valence-electron chi connectivity index (χ0n) is 10.9. The molecule has 2 rings (SSSR count). The molecule has 0 radical (unpaired) electrons. The van der Waals surface area contributed by atoms with E-state index >= 15 is 0 Å². The normalized spacial score (nSPS) is 23.8. The summed E-state index contributed by atoms with van der Waals surface area (Å²) in [5.41, 5.74) is 5.56. The Balaban J connectivity index is 1.95. The molecule has 0 unspecified atom stereocenters. The number of nitrogens with zero attached hydrogens (tertiary/aromatic N) is 2. The van der Waals surface area contributed by atoms with Crippen LogP contribution in [0.4, 0.5) is 0 Å². The van der Waals surface area contributed by atoms with Gasteiger partial charge in [0.2, 0.25) is 0 Å². The van der Waals surface area contributed by atoms with Gasteiger partial charge in [-0.25, -0.2) is 9.97 Å². The van der Waals surface area contributed by atoms with Crippen molar-refractivity contribution in [3.05, 3.63) is 23.8 Å². The van der Waals surface area contributed by atoms with Crippen LogP contribution in [0.25, 0.3) is 0 Å². The van der Waals surface area contributed by atoms with Gasteiger partial charge in [-0.15, -0.1) is 0 Å². The predicted octanol–water partition coefficient (Wildman–Crippen LogP) is 2.65. The number of hydrogen-bond donors (Lipinski definition) is 1. The van der Waals surface area contributed by atoms with Gasteiger partial charge in [0.05, 0.1) is 5.56 Å². The largest absolute Gasteiger partial charge is 0.366 e. The van der Waals surface area contributed by atoms with E-state index in [4.69, 9.17) is 5.73 Å². The van der Waals surface area contributed by atoms with Crippen molar-refractivity contribution in [2.45, 2.75) is 51.4 Å². The fourth-order valence-corrected chi connectivity index (χ4v) is 2.79. The van der Waals surface area contributed by atoms with Crippen molar-refractivity contribution in [2.75, 3.05) is 0 Å². The molecule has 0 saturated heterocycles. The first-order chi connectivity index (χ1) is 8.70. The molecular formula is C14H21N3O. The molecule has 4 nitrogen and oxygen atoms in total. The maximum Gasteiger partial charge on any atom is 0.251 e. The molecule has 0 aliphatic heterocycles. The van der Waals surface area contributed by atoms with E-state index in [0.29, 0.717) is 11.5 Å². The molecule has 1 aliphatic carbocycles. The molecule has 1 aliphatic rings. The lowest BCUT2D eigenvalue weighted by atomic mass is 9.80. The molecule has 18 heavy (non-hydrogen) atoms. The van der Waals surface area contributed by atoms with E-state index in [1.165, 1.54) is 38.5 Å². The molecule has 98 valence electrons. The average Bonchev–Trinajstić information content (AvgIpc) is 2.40. The number of rotatable bonds is 4. The molecule has 0 spiro atoms. The van der Waals surface area contributed by atoms with Crippen LogP contribution < -0.4 is 5.73 Å². The van der Waals surface area contributed by atoms with Crippen molar-refractivity contribution in [1.29, 1.82) is 0 Å². The van der Waals surface area contributed by atoms with Crippen LogP contribution >= 0.6 is 0 Å². The molecule has 0 bridgehead atoms. The van der Waals surface area contributed by atoms with Gasteiger partial charge < -0.3 is 5.73 Å². The number of aromatic nitrogens is 2. The number of amides is 1. The lowest BCUT2D eigenvalue weighted by molar-refractivity contribution is 0.0999. The average molecular weight is 247 g/mol. The Kier molecular flexibility index (Phi) is 4.28. The molecule has 2 N–H and O–H groups in total. The SMILES string of the molecule is CCC[C@H]1CC[C@H](c2ncc(C(N)=O)cn2)CC1. The molecule has 1 aromatic rings. The van der Waals surface area contributed by atoms with Gasteiger partial charge in [-0.1, -0.05) is 19.8 Å². The van der Waals surface area contributed by atoms with E-state index in [1.807, 2.05) is 0 Å². The molecular weight excluding hydrogens is 226 g/mol. The maximum atomic E-state index is 10.9. The van der Waals surface area contributed by atoms with Crippen LogP contribution in [0.15, 0.2) is 12.4 Å². The lowest BCUT2D eigenvalue weighted by Gasteiger charge is -2.27. The molecule has 1 saturated carbocycles. The van der Waals surface area contributed by atoms with E-state index < -0.39 is 5.91 Å². The summed E-state index contributed by atoms with van der Waals surface area (Å²) in [7, 11) is 0. The molecule has 1 fully saturated rings. The van der Waals surface area contributed by atoms with Crippen molar-refractivity contribution in [2.24, 2.45) is 11.7 Å². The standard InChI is InChI=1S/C14H21N3O/c1-2-3-10-4-6-11(7-5-10)14-16-8-12(9-17-14)13(15)18/h8-11H,2-7H2,1H3,(H2,15,18)/t10-,11-. The fourth-order valence-electron chi connectivity index (χ4n) is 2.79. The van der Waals surface area contributed by atoms with Gasteiger partial charge in [-0.2, -0.15) is 0 Å². The highest BCUT2D eigenvalue weighted by atomic mass is 16.1. The molecule has 1 amide bonds. The molecule has 1 heterocycles. The summed E-state index contributed by atoms with van der Waals surface area (Å²) in [5.74, 6) is 1.75. The van der Waals surface area contributed by atoms with Crippen LogP contribution in [0.5, 0.6) is 0 Å². The Morgan fingerprint density at radius 3 is 2.39 bits per heavy atom. The maximum absolute atomic E-state index is 10.9. The summed E-state index contributed by atoms with van der Waals surface area (Å²) < 4.78 is 0. The third-order valence-corrected chi connectivity index (χ3v) is 3.87. The Morgan fingerprint density at radius 2 is 1.89 bits per heavy atom. The molecule has 4 heteroatoms. The van der Waals surface area contributed by atoms with Gasteiger partial charge in [-0.3, -0.25) is 4.79 Å². The fraction of sp³-hybridized carbons (Fsp3) is 0.643. The molecule has 1 aromatic heterocycles. The summed E-state index contributed by atoms with van der Waals surface area (Å²) in [4.78, 5) is 19.5. The zero-order valence-corrected chi connectivity index (χ0v) is 10.9. The van der Waals surface area contributed by atoms with E-state index in [0.717, 1.165) is 11.7 Å². The van der Waals surface area contributed by atoms with Gasteiger partial charge in [0, 0.05) is 18.3 Å². The van der Waals surface area contributed by atoms with E-state index in [9.17, 15) is 4.79 Å². The number of carbonyl (C=O) groups excluding carboxylic acids is 1. The minimum Gasteiger partial charge on any atom is -0.366 e. The Morgan fingerprint density at radius 1 is 1.28 bits per heavy atom. The Bertz CT molecular complexity index is 394. The van der Waals surface area contributed by atoms with Crippen LogP contribution in [0.3, 0.4) is 0 Å².